The van der Waals surface area contributed by atoms with Gasteiger partial charge in [-0.25, -0.2) is 4.39 Å². The first-order valence-corrected chi connectivity index (χ1v) is 6.82. The van der Waals surface area contributed by atoms with Crippen LogP contribution in [-0.2, 0) is 0 Å². The third kappa shape index (κ3) is 2.90. The van der Waals surface area contributed by atoms with Crippen molar-refractivity contribution in [3.8, 4) is 5.75 Å². The number of carbonyl (C=O) groups is 1. The minimum atomic E-state index is -0.662. The molecule has 5 heteroatoms. The average Bonchev–Trinajstić information content (AvgIpc) is 2.41. The summed E-state index contributed by atoms with van der Waals surface area (Å²) in [6.45, 7) is 0. The van der Waals surface area contributed by atoms with Crippen LogP contribution < -0.4 is 4.74 Å². The van der Waals surface area contributed by atoms with E-state index < -0.39 is 11.6 Å². The zero-order valence-corrected chi connectivity index (χ0v) is 12.8. The molecule has 0 bridgehead atoms. The summed E-state index contributed by atoms with van der Waals surface area (Å²) in [4.78, 5) is 12.2. The maximum absolute atomic E-state index is 14.0. The maximum atomic E-state index is 14.0. The lowest BCUT2D eigenvalue weighted by molar-refractivity contribution is 0.103. The lowest BCUT2D eigenvalue weighted by Crippen LogP contribution is -2.05. The lowest BCUT2D eigenvalue weighted by atomic mass is 10.0. The third-order valence-corrected chi connectivity index (χ3v) is 4.18. The van der Waals surface area contributed by atoms with Crippen LogP contribution in [0.15, 0.2) is 36.4 Å². The van der Waals surface area contributed by atoms with Crippen LogP contribution in [0.1, 0.15) is 15.9 Å². The SMILES string of the molecule is COc1cccc(C(=O)c2ccc(I)c(Cl)c2)c1F. The topological polar surface area (TPSA) is 26.3 Å². The number of ether oxygens (including phenoxy) is 1. The van der Waals surface area contributed by atoms with E-state index in [0.29, 0.717) is 10.6 Å². The Morgan fingerprint density at radius 3 is 2.68 bits per heavy atom. The van der Waals surface area contributed by atoms with Crippen LogP contribution in [0, 0.1) is 9.39 Å². The van der Waals surface area contributed by atoms with Gasteiger partial charge in [-0.05, 0) is 52.9 Å². The van der Waals surface area contributed by atoms with E-state index in [1.165, 1.54) is 25.3 Å². The first-order chi connectivity index (χ1) is 9.04. The van der Waals surface area contributed by atoms with Gasteiger partial charge in [0, 0.05) is 9.13 Å². The van der Waals surface area contributed by atoms with Gasteiger partial charge in [0.15, 0.2) is 17.3 Å². The summed E-state index contributed by atoms with van der Waals surface area (Å²) >= 11 is 8.03. The largest absolute Gasteiger partial charge is 0.494 e. The number of halogens is 3. The molecule has 0 radical (unpaired) electrons. The second-order valence-electron chi connectivity index (χ2n) is 3.78. The molecule has 2 rings (SSSR count). The first kappa shape index (κ1) is 14.3. The lowest BCUT2D eigenvalue weighted by Gasteiger charge is -2.07. The van der Waals surface area contributed by atoms with E-state index in [-0.39, 0.29) is 11.3 Å². The fourth-order valence-corrected chi connectivity index (χ4v) is 2.15. The molecule has 0 heterocycles. The van der Waals surface area contributed by atoms with Crippen LogP contribution in [0.3, 0.4) is 0 Å². The van der Waals surface area contributed by atoms with Gasteiger partial charge in [-0.15, -0.1) is 0 Å². The van der Waals surface area contributed by atoms with E-state index in [9.17, 15) is 9.18 Å². The van der Waals surface area contributed by atoms with Gasteiger partial charge < -0.3 is 4.74 Å². The van der Waals surface area contributed by atoms with Crippen molar-refractivity contribution in [3.05, 3.63) is 61.9 Å². The zero-order valence-electron chi connectivity index (χ0n) is 9.91. The molecule has 0 aromatic heterocycles. The molecule has 2 aromatic carbocycles. The van der Waals surface area contributed by atoms with Gasteiger partial charge in [0.25, 0.3) is 0 Å². The second-order valence-corrected chi connectivity index (χ2v) is 5.35. The monoisotopic (exact) mass is 390 g/mol. The second kappa shape index (κ2) is 5.88. The normalized spacial score (nSPS) is 10.3. The Kier molecular flexibility index (Phi) is 4.42. The molecule has 0 atom stereocenters. The molecule has 2 aromatic rings. The van der Waals surface area contributed by atoms with Crippen LogP contribution >= 0.6 is 34.2 Å². The van der Waals surface area contributed by atoms with Gasteiger partial charge in [0.05, 0.1) is 17.7 Å². The number of ketones is 1. The van der Waals surface area contributed by atoms with Crippen LogP contribution in [-0.4, -0.2) is 12.9 Å². The highest BCUT2D eigenvalue weighted by molar-refractivity contribution is 14.1. The summed E-state index contributed by atoms with van der Waals surface area (Å²) in [5, 5.41) is 0.467. The van der Waals surface area contributed by atoms with E-state index in [1.807, 2.05) is 0 Å². The summed E-state index contributed by atoms with van der Waals surface area (Å²) in [5.74, 6) is -1.04. The molecule has 19 heavy (non-hydrogen) atoms. The number of rotatable bonds is 3. The molecule has 0 fully saturated rings. The Balaban J connectivity index is 2.47. The highest BCUT2D eigenvalue weighted by Gasteiger charge is 2.17. The van der Waals surface area contributed by atoms with Crippen LogP contribution in [0.4, 0.5) is 4.39 Å². The average molecular weight is 391 g/mol. The van der Waals surface area contributed by atoms with Gasteiger partial charge in [-0.3, -0.25) is 4.79 Å². The summed E-state index contributed by atoms with van der Waals surface area (Å²) in [7, 11) is 1.36. The third-order valence-electron chi connectivity index (χ3n) is 2.61. The Morgan fingerprint density at radius 2 is 2.05 bits per heavy atom. The molecular formula is C14H9ClFIO2. The number of methoxy groups -OCH3 is 1. The summed E-state index contributed by atoms with van der Waals surface area (Å²) < 4.78 is 19.7. The van der Waals surface area contributed by atoms with Crippen LogP contribution in [0.5, 0.6) is 5.75 Å². The minimum absolute atomic E-state index is 0.0309. The molecule has 2 nitrogen and oxygen atoms in total. The van der Waals surface area contributed by atoms with Crippen LogP contribution in [0.25, 0.3) is 0 Å². The highest BCUT2D eigenvalue weighted by atomic mass is 127. The molecule has 0 aliphatic rings. The molecule has 0 aliphatic carbocycles. The maximum Gasteiger partial charge on any atom is 0.196 e. The van der Waals surface area contributed by atoms with Crippen molar-refractivity contribution >= 4 is 40.0 Å². The molecule has 98 valence electrons. The Morgan fingerprint density at radius 1 is 1.32 bits per heavy atom. The van der Waals surface area contributed by atoms with Crippen molar-refractivity contribution < 1.29 is 13.9 Å². The molecule has 0 amide bonds. The van der Waals surface area contributed by atoms with Gasteiger partial charge >= 0.3 is 0 Å². The molecule has 0 saturated carbocycles. The van der Waals surface area contributed by atoms with E-state index in [2.05, 4.69) is 22.6 Å². The van der Waals surface area contributed by atoms with Crippen molar-refractivity contribution in [1.29, 1.82) is 0 Å². The van der Waals surface area contributed by atoms with E-state index in [1.54, 1.807) is 18.2 Å². The number of carbonyl (C=O) groups excluding carboxylic acids is 1. The fourth-order valence-electron chi connectivity index (χ4n) is 1.64. The van der Waals surface area contributed by atoms with Gasteiger partial charge in [0.1, 0.15) is 0 Å². The van der Waals surface area contributed by atoms with E-state index in [4.69, 9.17) is 16.3 Å². The fraction of sp³-hybridized carbons (Fsp3) is 0.0714. The number of hydrogen-bond donors (Lipinski definition) is 0. The number of benzene rings is 2. The molecule has 0 spiro atoms. The smallest absolute Gasteiger partial charge is 0.196 e. The summed E-state index contributed by atoms with van der Waals surface area (Å²) in [6, 6.07) is 9.33. The predicted molar refractivity (Wildman–Crippen MR) is 80.6 cm³/mol. The molecule has 0 unspecified atom stereocenters. The van der Waals surface area contributed by atoms with E-state index in [0.717, 1.165) is 3.57 Å². The highest BCUT2D eigenvalue weighted by Crippen LogP contribution is 2.25. The van der Waals surface area contributed by atoms with Crippen molar-refractivity contribution in [1.82, 2.24) is 0 Å². The zero-order chi connectivity index (χ0) is 14.0. The van der Waals surface area contributed by atoms with Crippen molar-refractivity contribution in [2.24, 2.45) is 0 Å². The van der Waals surface area contributed by atoms with Gasteiger partial charge in [-0.2, -0.15) is 0 Å². The molecule has 0 N–H and O–H groups in total. The number of hydrogen-bond acceptors (Lipinski definition) is 2. The van der Waals surface area contributed by atoms with Crippen molar-refractivity contribution in [3.63, 3.8) is 0 Å². The summed E-state index contributed by atoms with van der Waals surface area (Å²) in [5.41, 5.74) is 0.314. The van der Waals surface area contributed by atoms with Gasteiger partial charge in [0.2, 0.25) is 0 Å². The Labute approximate surface area is 128 Å². The predicted octanol–water partition coefficient (Wildman–Crippen LogP) is 4.32. The molecule has 0 saturated heterocycles. The van der Waals surface area contributed by atoms with Gasteiger partial charge in [-0.1, -0.05) is 17.7 Å². The first-order valence-electron chi connectivity index (χ1n) is 5.37. The van der Waals surface area contributed by atoms with Crippen LogP contribution in [0.2, 0.25) is 5.02 Å². The quantitative estimate of drug-likeness (QED) is 0.576. The standard InChI is InChI=1S/C14H9ClFIO2/c1-19-12-4-2-3-9(13(12)16)14(18)8-5-6-11(17)10(15)7-8/h2-7H,1H3. The van der Waals surface area contributed by atoms with E-state index >= 15 is 0 Å². The van der Waals surface area contributed by atoms with Crippen molar-refractivity contribution in [2.75, 3.05) is 7.11 Å². The Hall–Kier alpha value is -1.14. The summed E-state index contributed by atoms with van der Waals surface area (Å²) in [6.07, 6.45) is 0. The Bertz CT molecular complexity index is 643. The van der Waals surface area contributed by atoms with Crippen molar-refractivity contribution in [2.45, 2.75) is 0 Å². The molecule has 0 aliphatic heterocycles. The minimum Gasteiger partial charge on any atom is -0.494 e. The molecular weight excluding hydrogens is 382 g/mol.